The molecule has 0 radical (unpaired) electrons. The minimum Gasteiger partial charge on any atom is -0.459 e. The highest BCUT2D eigenvalue weighted by Crippen LogP contribution is 2.40. The Hall–Kier alpha value is -5.03. The standard InChI is InChI=1S/C37H44N4O7/c1-24(22-37(36(46)40(5)6,28-13-9-7-10-14-28)29-15-11-8-12-16-29)41-20-19-32(34(23-41)48-27(4)44)39-35(45)31-18-17-30(38-25(2)42)21-33(31)47-26(3)43/h7-18,21,24,32,34H,19-20,22-23H2,1-6H3,(H,38,42)(H,39,45). The Morgan fingerprint density at radius 3 is 2.02 bits per heavy atom. The van der Waals surface area contributed by atoms with Crippen molar-refractivity contribution < 1.29 is 33.4 Å². The van der Waals surface area contributed by atoms with E-state index in [1.54, 1.807) is 19.0 Å². The molecule has 11 nitrogen and oxygen atoms in total. The number of amides is 3. The molecule has 1 aliphatic heterocycles. The zero-order chi connectivity index (χ0) is 35.0. The Morgan fingerprint density at radius 2 is 1.50 bits per heavy atom. The van der Waals surface area contributed by atoms with E-state index in [1.165, 1.54) is 39.0 Å². The van der Waals surface area contributed by atoms with Crippen LogP contribution in [0, 0.1) is 0 Å². The van der Waals surface area contributed by atoms with Crippen LogP contribution in [0.4, 0.5) is 5.69 Å². The quantitative estimate of drug-likeness (QED) is 0.232. The highest BCUT2D eigenvalue weighted by atomic mass is 16.5. The molecule has 0 spiro atoms. The third-order valence-corrected chi connectivity index (χ3v) is 8.55. The maximum Gasteiger partial charge on any atom is 0.308 e. The summed E-state index contributed by atoms with van der Waals surface area (Å²) < 4.78 is 11.1. The van der Waals surface area contributed by atoms with Gasteiger partial charge in [-0.3, -0.25) is 28.9 Å². The van der Waals surface area contributed by atoms with Gasteiger partial charge < -0.3 is 25.0 Å². The Morgan fingerprint density at radius 1 is 0.896 bits per heavy atom. The summed E-state index contributed by atoms with van der Waals surface area (Å²) in [6.45, 7) is 6.83. The van der Waals surface area contributed by atoms with Crippen molar-refractivity contribution in [2.75, 3.05) is 32.5 Å². The van der Waals surface area contributed by atoms with Gasteiger partial charge in [-0.05, 0) is 43.0 Å². The van der Waals surface area contributed by atoms with Gasteiger partial charge in [0.25, 0.3) is 5.91 Å². The number of esters is 2. The van der Waals surface area contributed by atoms with Gasteiger partial charge in [-0.1, -0.05) is 60.7 Å². The first-order valence-corrected chi connectivity index (χ1v) is 16.0. The number of hydrogen-bond acceptors (Lipinski definition) is 8. The van der Waals surface area contributed by atoms with E-state index in [2.05, 4.69) is 22.5 Å². The molecule has 3 unspecified atom stereocenters. The van der Waals surface area contributed by atoms with Crippen LogP contribution in [-0.4, -0.2) is 84.8 Å². The molecule has 48 heavy (non-hydrogen) atoms. The zero-order valence-electron chi connectivity index (χ0n) is 28.3. The monoisotopic (exact) mass is 656 g/mol. The highest BCUT2D eigenvalue weighted by molar-refractivity contribution is 5.99. The largest absolute Gasteiger partial charge is 0.459 e. The molecule has 1 saturated heterocycles. The zero-order valence-corrected chi connectivity index (χ0v) is 28.3. The number of anilines is 1. The lowest BCUT2D eigenvalue weighted by molar-refractivity contribution is -0.151. The van der Waals surface area contributed by atoms with E-state index in [0.717, 1.165) is 11.1 Å². The van der Waals surface area contributed by atoms with Crippen LogP contribution < -0.4 is 15.4 Å². The van der Waals surface area contributed by atoms with E-state index < -0.39 is 35.4 Å². The van der Waals surface area contributed by atoms with E-state index in [-0.39, 0.29) is 29.2 Å². The summed E-state index contributed by atoms with van der Waals surface area (Å²) in [4.78, 5) is 67.2. The summed E-state index contributed by atoms with van der Waals surface area (Å²) in [5.74, 6) is -2.00. The Balaban J connectivity index is 1.60. The summed E-state index contributed by atoms with van der Waals surface area (Å²) in [6, 6.07) is 23.3. The first-order chi connectivity index (χ1) is 22.8. The first kappa shape index (κ1) is 35.8. The van der Waals surface area contributed by atoms with Gasteiger partial charge >= 0.3 is 11.9 Å². The smallest absolute Gasteiger partial charge is 0.308 e. The van der Waals surface area contributed by atoms with Crippen LogP contribution in [0.1, 0.15) is 62.0 Å². The van der Waals surface area contributed by atoms with Crippen molar-refractivity contribution in [3.63, 3.8) is 0 Å². The van der Waals surface area contributed by atoms with Crippen LogP contribution in [0.5, 0.6) is 5.75 Å². The Bertz CT molecular complexity index is 1590. The molecule has 1 fully saturated rings. The highest BCUT2D eigenvalue weighted by Gasteiger charge is 2.46. The van der Waals surface area contributed by atoms with Crippen molar-refractivity contribution in [3.05, 3.63) is 95.6 Å². The van der Waals surface area contributed by atoms with Crippen molar-refractivity contribution >= 4 is 35.3 Å². The number of likely N-dealkylation sites (N-methyl/N-ethyl adjacent to an activating group) is 1. The lowest BCUT2D eigenvalue weighted by atomic mass is 9.69. The fourth-order valence-electron chi connectivity index (χ4n) is 6.45. The van der Waals surface area contributed by atoms with Crippen LogP contribution >= 0.6 is 0 Å². The van der Waals surface area contributed by atoms with Crippen molar-refractivity contribution in [2.24, 2.45) is 0 Å². The second kappa shape index (κ2) is 15.7. The molecule has 254 valence electrons. The van der Waals surface area contributed by atoms with Gasteiger partial charge in [0, 0.05) is 65.8 Å². The minimum absolute atomic E-state index is 0.00920. The summed E-state index contributed by atoms with van der Waals surface area (Å²) in [5.41, 5.74) is 1.24. The molecule has 2 N–H and O–H groups in total. The second-order valence-electron chi connectivity index (χ2n) is 12.4. The normalized spacial score (nSPS) is 17.0. The molecule has 3 aromatic carbocycles. The van der Waals surface area contributed by atoms with E-state index in [4.69, 9.17) is 9.47 Å². The number of benzene rings is 3. The third-order valence-electron chi connectivity index (χ3n) is 8.55. The molecule has 0 bridgehead atoms. The molecule has 1 heterocycles. The molecular formula is C37H44N4O7. The number of carbonyl (C=O) groups excluding carboxylic acids is 5. The fourth-order valence-corrected chi connectivity index (χ4v) is 6.45. The van der Waals surface area contributed by atoms with E-state index in [9.17, 15) is 24.0 Å². The van der Waals surface area contributed by atoms with E-state index in [0.29, 0.717) is 31.6 Å². The number of piperidine rings is 1. The average molecular weight is 657 g/mol. The first-order valence-electron chi connectivity index (χ1n) is 16.0. The van der Waals surface area contributed by atoms with Crippen LogP contribution in [0.3, 0.4) is 0 Å². The lowest BCUT2D eigenvalue weighted by Crippen LogP contribution is -2.58. The maximum absolute atomic E-state index is 14.2. The number of hydrogen-bond donors (Lipinski definition) is 2. The van der Waals surface area contributed by atoms with Crippen molar-refractivity contribution in [2.45, 2.75) is 64.1 Å². The number of likely N-dealkylation sites (tertiary alicyclic amines) is 1. The van der Waals surface area contributed by atoms with E-state index >= 15 is 0 Å². The number of nitrogens with one attached hydrogen (secondary N) is 2. The van der Waals surface area contributed by atoms with E-state index in [1.807, 2.05) is 60.7 Å². The van der Waals surface area contributed by atoms with Crippen LogP contribution in [0.15, 0.2) is 78.9 Å². The number of carbonyl (C=O) groups is 5. The molecule has 0 aromatic heterocycles. The van der Waals surface area contributed by atoms with Crippen molar-refractivity contribution in [1.29, 1.82) is 0 Å². The van der Waals surface area contributed by atoms with Crippen molar-refractivity contribution in [1.82, 2.24) is 15.1 Å². The molecule has 3 atom stereocenters. The predicted molar refractivity (Wildman–Crippen MR) is 181 cm³/mol. The minimum atomic E-state index is -0.982. The summed E-state index contributed by atoms with van der Waals surface area (Å²) in [6.07, 6.45) is 0.214. The molecule has 3 aromatic rings. The molecule has 0 aliphatic carbocycles. The van der Waals surface area contributed by atoms with Gasteiger partial charge in [0.15, 0.2) is 0 Å². The molecule has 0 saturated carbocycles. The maximum atomic E-state index is 14.2. The van der Waals surface area contributed by atoms with Crippen molar-refractivity contribution in [3.8, 4) is 5.75 Å². The second-order valence-corrected chi connectivity index (χ2v) is 12.4. The fraction of sp³-hybridized carbons (Fsp3) is 0.378. The Kier molecular flexibility index (Phi) is 11.7. The van der Waals surface area contributed by atoms with Gasteiger partial charge in [0.1, 0.15) is 17.3 Å². The van der Waals surface area contributed by atoms with Gasteiger partial charge in [0.05, 0.1) is 11.6 Å². The number of nitrogens with zero attached hydrogens (tertiary/aromatic N) is 2. The lowest BCUT2D eigenvalue weighted by Gasteiger charge is -2.44. The Labute approximate surface area is 281 Å². The molecule has 4 rings (SSSR count). The molecule has 11 heteroatoms. The summed E-state index contributed by atoms with van der Waals surface area (Å²) in [5, 5.41) is 5.59. The number of ether oxygens (including phenoxy) is 2. The third kappa shape index (κ3) is 8.46. The topological polar surface area (TPSA) is 134 Å². The van der Waals surface area contributed by atoms with Gasteiger partial charge in [-0.15, -0.1) is 0 Å². The average Bonchev–Trinajstić information content (AvgIpc) is 3.04. The molecule has 1 aliphatic rings. The predicted octanol–water partition coefficient (Wildman–Crippen LogP) is 4.16. The van der Waals surface area contributed by atoms with Gasteiger partial charge in [-0.25, -0.2) is 0 Å². The van der Waals surface area contributed by atoms with Gasteiger partial charge in [-0.2, -0.15) is 0 Å². The van der Waals surface area contributed by atoms with Gasteiger partial charge in [0.2, 0.25) is 11.8 Å². The summed E-state index contributed by atoms with van der Waals surface area (Å²) >= 11 is 0. The summed E-state index contributed by atoms with van der Waals surface area (Å²) in [7, 11) is 3.53. The number of rotatable bonds is 11. The SMILES string of the molecule is CC(=O)Nc1ccc(C(=O)NC2CCN(C(C)CC(C(=O)N(C)C)(c3ccccc3)c3ccccc3)CC2OC(C)=O)c(OC(C)=O)c1. The molecular weight excluding hydrogens is 612 g/mol. The van der Waals surface area contributed by atoms with Crippen LogP contribution in [0.25, 0.3) is 0 Å². The van der Waals surface area contributed by atoms with Crippen LogP contribution in [-0.2, 0) is 29.3 Å². The van der Waals surface area contributed by atoms with Crippen LogP contribution in [0.2, 0.25) is 0 Å². The molecule has 3 amide bonds.